The summed E-state index contributed by atoms with van der Waals surface area (Å²) in [5, 5.41) is 21.0. The summed E-state index contributed by atoms with van der Waals surface area (Å²) < 4.78 is 0. The molecule has 0 aromatic heterocycles. The van der Waals surface area contributed by atoms with Gasteiger partial charge in [-0.05, 0) is 42.0 Å². The summed E-state index contributed by atoms with van der Waals surface area (Å²) >= 11 is 11.8. The monoisotopic (exact) mass is 391 g/mol. The van der Waals surface area contributed by atoms with Crippen LogP contribution < -0.4 is 0 Å². The van der Waals surface area contributed by atoms with Crippen LogP contribution in [-0.4, -0.2) is 40.0 Å². The Bertz CT molecular complexity index is 875. The molecule has 2 aromatic carbocycles. The molecule has 2 N–H and O–H groups in total. The van der Waals surface area contributed by atoms with Gasteiger partial charge in [-0.15, -0.1) is 0 Å². The highest BCUT2D eigenvalue weighted by molar-refractivity contribution is 6.46. The van der Waals surface area contributed by atoms with E-state index in [-0.39, 0.29) is 24.5 Å². The number of β-amino-alcohol motifs (C(OH)–C–C–N with tert-alkyl or cyclic N) is 1. The second-order valence-corrected chi connectivity index (χ2v) is 6.65. The van der Waals surface area contributed by atoms with Crippen molar-refractivity contribution in [3.8, 4) is 0 Å². The van der Waals surface area contributed by atoms with E-state index < -0.39 is 17.7 Å². The molecule has 7 heteroatoms. The minimum atomic E-state index is -0.810. The third kappa shape index (κ3) is 3.33. The first kappa shape index (κ1) is 18.5. The third-order valence-corrected chi connectivity index (χ3v) is 4.69. The van der Waals surface area contributed by atoms with Gasteiger partial charge in [-0.25, -0.2) is 0 Å². The Kier molecular flexibility index (Phi) is 5.32. The summed E-state index contributed by atoms with van der Waals surface area (Å²) in [6, 6.07) is 12.1. The van der Waals surface area contributed by atoms with Crippen LogP contribution in [0.25, 0.3) is 5.76 Å². The van der Waals surface area contributed by atoms with E-state index in [9.17, 15) is 19.8 Å². The number of nitrogens with zero attached hydrogens (tertiary/aromatic N) is 1. The maximum Gasteiger partial charge on any atom is 0.295 e. The van der Waals surface area contributed by atoms with Crippen LogP contribution in [0, 0.1) is 0 Å². The van der Waals surface area contributed by atoms with E-state index in [4.69, 9.17) is 23.2 Å². The van der Waals surface area contributed by atoms with Gasteiger partial charge in [-0.2, -0.15) is 0 Å². The number of carbonyl (C=O) groups is 2. The Labute approximate surface area is 160 Å². The number of likely N-dealkylation sites (tertiary alicyclic amines) is 1. The van der Waals surface area contributed by atoms with Crippen LogP contribution in [-0.2, 0) is 9.59 Å². The average molecular weight is 392 g/mol. The number of halogens is 2. The standard InChI is InChI=1S/C19H15Cl2NO4/c20-13-5-1-11(2-6-13)16-15(18(25)19(26)22(16)9-10-23)17(24)12-3-7-14(21)8-4-12/h1-8,16,23-24H,9-10H2/t16-/m0/s1. The van der Waals surface area contributed by atoms with Gasteiger partial charge < -0.3 is 15.1 Å². The number of hydrogen-bond donors (Lipinski definition) is 2. The molecule has 0 unspecified atom stereocenters. The van der Waals surface area contributed by atoms with Gasteiger partial charge >= 0.3 is 0 Å². The summed E-state index contributed by atoms with van der Waals surface area (Å²) in [4.78, 5) is 26.2. The van der Waals surface area contributed by atoms with Gasteiger partial charge in [-0.3, -0.25) is 9.59 Å². The quantitative estimate of drug-likeness (QED) is 0.475. The maximum absolute atomic E-state index is 12.6. The molecule has 3 rings (SSSR count). The number of carbonyl (C=O) groups excluding carboxylic acids is 2. The van der Waals surface area contributed by atoms with E-state index in [1.807, 2.05) is 0 Å². The zero-order chi connectivity index (χ0) is 18.8. The lowest BCUT2D eigenvalue weighted by Gasteiger charge is -2.24. The molecule has 1 aliphatic rings. The number of rotatable bonds is 4. The molecule has 1 amide bonds. The number of aliphatic hydroxyl groups excluding tert-OH is 2. The second kappa shape index (κ2) is 7.50. The van der Waals surface area contributed by atoms with Gasteiger partial charge in [0.25, 0.3) is 11.7 Å². The lowest BCUT2D eigenvalue weighted by atomic mass is 9.95. The van der Waals surface area contributed by atoms with Gasteiger partial charge in [0.15, 0.2) is 0 Å². The molecule has 26 heavy (non-hydrogen) atoms. The van der Waals surface area contributed by atoms with Crippen LogP contribution in [0.1, 0.15) is 17.2 Å². The molecule has 5 nitrogen and oxygen atoms in total. The predicted octanol–water partition coefficient (Wildman–Crippen LogP) is 3.41. The number of amides is 1. The molecule has 0 aliphatic carbocycles. The van der Waals surface area contributed by atoms with Crippen molar-refractivity contribution < 1.29 is 19.8 Å². The molecule has 0 spiro atoms. The summed E-state index contributed by atoms with van der Waals surface area (Å²) in [6.45, 7) is -0.340. The highest BCUT2D eigenvalue weighted by atomic mass is 35.5. The Morgan fingerprint density at radius 1 is 0.962 bits per heavy atom. The summed E-state index contributed by atoms with van der Waals surface area (Å²) in [5.41, 5.74) is 0.945. The first-order chi connectivity index (χ1) is 12.4. The highest BCUT2D eigenvalue weighted by Crippen LogP contribution is 2.39. The van der Waals surface area contributed by atoms with Crippen LogP contribution in [0.3, 0.4) is 0 Å². The largest absolute Gasteiger partial charge is 0.507 e. The van der Waals surface area contributed by atoms with Crippen LogP contribution in [0.5, 0.6) is 0 Å². The van der Waals surface area contributed by atoms with Gasteiger partial charge in [-0.1, -0.05) is 35.3 Å². The van der Waals surface area contributed by atoms with Crippen LogP contribution in [0.4, 0.5) is 0 Å². The smallest absolute Gasteiger partial charge is 0.295 e. The molecular weight excluding hydrogens is 377 g/mol. The number of Topliss-reactive ketones (excluding diaryl/α,β-unsaturated/α-hetero) is 1. The number of aliphatic hydroxyl groups is 2. The summed E-state index contributed by atoms with van der Waals surface area (Å²) in [6.07, 6.45) is 0. The summed E-state index contributed by atoms with van der Waals surface area (Å²) in [5.74, 6) is -1.86. The van der Waals surface area contributed by atoms with Crippen LogP contribution in [0.2, 0.25) is 10.0 Å². The molecule has 1 heterocycles. The Hall–Kier alpha value is -2.34. The first-order valence-electron chi connectivity index (χ1n) is 7.84. The fourth-order valence-corrected chi connectivity index (χ4v) is 3.23. The van der Waals surface area contributed by atoms with Crippen molar-refractivity contribution in [3.63, 3.8) is 0 Å². The normalized spacial score (nSPS) is 19.2. The zero-order valence-corrected chi connectivity index (χ0v) is 15.0. The average Bonchev–Trinajstić information content (AvgIpc) is 2.88. The summed E-state index contributed by atoms with van der Waals surface area (Å²) in [7, 11) is 0. The molecule has 2 aromatic rings. The van der Waals surface area contributed by atoms with E-state index in [1.165, 1.54) is 4.90 Å². The molecule has 134 valence electrons. The number of benzene rings is 2. The van der Waals surface area contributed by atoms with Gasteiger partial charge in [0, 0.05) is 22.2 Å². The molecule has 1 atom stereocenters. The van der Waals surface area contributed by atoms with Crippen molar-refractivity contribution >= 4 is 40.7 Å². The molecule has 1 aliphatic heterocycles. The van der Waals surface area contributed by atoms with Crippen molar-refractivity contribution in [2.45, 2.75) is 6.04 Å². The predicted molar refractivity (Wildman–Crippen MR) is 99.0 cm³/mol. The van der Waals surface area contributed by atoms with Gasteiger partial charge in [0.1, 0.15) is 5.76 Å². The minimum absolute atomic E-state index is 0.0325. The van der Waals surface area contributed by atoms with Crippen molar-refractivity contribution in [3.05, 3.63) is 75.3 Å². The van der Waals surface area contributed by atoms with Crippen molar-refractivity contribution in [2.24, 2.45) is 0 Å². The van der Waals surface area contributed by atoms with Gasteiger partial charge in [0.05, 0.1) is 18.2 Å². The van der Waals surface area contributed by atoms with E-state index in [0.29, 0.717) is 21.2 Å². The van der Waals surface area contributed by atoms with E-state index in [0.717, 1.165) is 0 Å². The molecule has 0 saturated carbocycles. The number of hydrogen-bond acceptors (Lipinski definition) is 4. The zero-order valence-electron chi connectivity index (χ0n) is 13.5. The Balaban J connectivity index is 2.17. The van der Waals surface area contributed by atoms with Crippen molar-refractivity contribution in [2.75, 3.05) is 13.2 Å². The Morgan fingerprint density at radius 2 is 1.50 bits per heavy atom. The third-order valence-electron chi connectivity index (χ3n) is 4.18. The topological polar surface area (TPSA) is 77.8 Å². The molecular formula is C19H15Cl2NO4. The molecule has 0 radical (unpaired) electrons. The fourth-order valence-electron chi connectivity index (χ4n) is 2.97. The van der Waals surface area contributed by atoms with Crippen molar-refractivity contribution in [1.29, 1.82) is 0 Å². The maximum atomic E-state index is 12.6. The first-order valence-corrected chi connectivity index (χ1v) is 8.60. The van der Waals surface area contributed by atoms with E-state index in [2.05, 4.69) is 0 Å². The fraction of sp³-hybridized carbons (Fsp3) is 0.158. The SMILES string of the molecule is O=C1C(=O)N(CCO)[C@@H](c2ccc(Cl)cc2)C1=C(O)c1ccc(Cl)cc1. The Morgan fingerprint density at radius 3 is 2.04 bits per heavy atom. The van der Waals surface area contributed by atoms with E-state index in [1.54, 1.807) is 48.5 Å². The molecule has 1 fully saturated rings. The number of ketones is 1. The lowest BCUT2D eigenvalue weighted by Crippen LogP contribution is -2.32. The van der Waals surface area contributed by atoms with Crippen molar-refractivity contribution in [1.82, 2.24) is 4.90 Å². The highest BCUT2D eigenvalue weighted by Gasteiger charge is 2.45. The lowest BCUT2D eigenvalue weighted by molar-refractivity contribution is -0.140. The second-order valence-electron chi connectivity index (χ2n) is 5.77. The molecule has 0 bridgehead atoms. The van der Waals surface area contributed by atoms with Crippen LogP contribution >= 0.6 is 23.2 Å². The minimum Gasteiger partial charge on any atom is -0.507 e. The van der Waals surface area contributed by atoms with Crippen LogP contribution in [0.15, 0.2) is 54.1 Å². The molecule has 1 saturated heterocycles. The van der Waals surface area contributed by atoms with E-state index >= 15 is 0 Å². The van der Waals surface area contributed by atoms with Gasteiger partial charge in [0.2, 0.25) is 0 Å².